The smallest absolute Gasteiger partial charge is 0.379 e. The monoisotopic (exact) mass is 476 g/mol. The summed E-state index contributed by atoms with van der Waals surface area (Å²) in [6.07, 6.45) is -2.72. The number of thiazole rings is 1. The van der Waals surface area contributed by atoms with Gasteiger partial charge in [-0.25, -0.2) is 4.98 Å². The van der Waals surface area contributed by atoms with Crippen LogP contribution < -0.4 is 5.32 Å². The molecule has 174 valence electrons. The highest BCUT2D eigenvalue weighted by Crippen LogP contribution is 2.31. The largest absolute Gasteiger partial charge is 0.416 e. The molecule has 10 heteroatoms. The summed E-state index contributed by atoms with van der Waals surface area (Å²) in [5, 5.41) is 3.61. The van der Waals surface area contributed by atoms with Crippen LogP contribution in [0.3, 0.4) is 0 Å². The average Bonchev–Trinajstić information content (AvgIpc) is 3.22. The Labute approximate surface area is 193 Å². The normalized spacial score (nSPS) is 15.9. The molecule has 1 saturated heterocycles. The molecule has 0 aliphatic carbocycles. The third-order valence-corrected chi connectivity index (χ3v) is 6.63. The molecule has 33 heavy (non-hydrogen) atoms. The number of benzene rings is 1. The van der Waals surface area contributed by atoms with Gasteiger partial charge in [0.25, 0.3) is 5.91 Å². The van der Waals surface area contributed by atoms with Crippen molar-refractivity contribution in [3.8, 4) is 10.7 Å². The SMILES string of the molecule is Cc1nc(-c2ccccn2)sc1C(=O)NCC(c1ccc(C(F)(F)F)cc1)N1CCOCC1. The van der Waals surface area contributed by atoms with Crippen molar-refractivity contribution in [2.24, 2.45) is 0 Å². The number of nitrogens with one attached hydrogen (secondary N) is 1. The van der Waals surface area contributed by atoms with Crippen molar-refractivity contribution < 1.29 is 22.7 Å². The fourth-order valence-corrected chi connectivity index (χ4v) is 4.68. The van der Waals surface area contributed by atoms with Crippen LogP contribution in [0.2, 0.25) is 0 Å². The van der Waals surface area contributed by atoms with Crippen molar-refractivity contribution in [3.63, 3.8) is 0 Å². The number of aryl methyl sites for hydroxylation is 1. The summed E-state index contributed by atoms with van der Waals surface area (Å²) in [6, 6.07) is 10.3. The van der Waals surface area contributed by atoms with Crippen LogP contribution in [0, 0.1) is 6.92 Å². The Kier molecular flexibility index (Phi) is 7.06. The Morgan fingerprint density at radius 3 is 2.55 bits per heavy atom. The van der Waals surface area contributed by atoms with E-state index in [4.69, 9.17) is 4.74 Å². The molecule has 4 rings (SSSR count). The zero-order valence-corrected chi connectivity index (χ0v) is 18.7. The Bertz CT molecular complexity index is 1080. The highest BCUT2D eigenvalue weighted by atomic mass is 32.1. The molecule has 3 heterocycles. The van der Waals surface area contributed by atoms with Crippen LogP contribution in [0.1, 0.15) is 32.5 Å². The zero-order valence-electron chi connectivity index (χ0n) is 17.9. The molecule has 6 nitrogen and oxygen atoms in total. The first kappa shape index (κ1) is 23.3. The summed E-state index contributed by atoms with van der Waals surface area (Å²) in [4.78, 5) is 24.3. The predicted molar refractivity (Wildman–Crippen MR) is 119 cm³/mol. The summed E-state index contributed by atoms with van der Waals surface area (Å²) in [7, 11) is 0. The van der Waals surface area contributed by atoms with E-state index in [2.05, 4.69) is 20.2 Å². The molecule has 1 aromatic carbocycles. The lowest BCUT2D eigenvalue weighted by atomic mass is 10.0. The van der Waals surface area contributed by atoms with Crippen molar-refractivity contribution in [2.75, 3.05) is 32.8 Å². The first-order valence-electron chi connectivity index (χ1n) is 10.5. The number of hydrogen-bond donors (Lipinski definition) is 1. The van der Waals surface area contributed by atoms with Gasteiger partial charge in [0, 0.05) is 25.8 Å². The van der Waals surface area contributed by atoms with Gasteiger partial charge in [-0.05, 0) is 36.8 Å². The maximum Gasteiger partial charge on any atom is 0.416 e. The number of halogens is 3. The van der Waals surface area contributed by atoms with Gasteiger partial charge in [0.15, 0.2) is 0 Å². The van der Waals surface area contributed by atoms with Crippen LogP contribution in [-0.4, -0.2) is 53.6 Å². The molecule has 1 atom stereocenters. The van der Waals surface area contributed by atoms with Crippen molar-refractivity contribution in [1.29, 1.82) is 0 Å². The first-order valence-corrected chi connectivity index (χ1v) is 11.3. The number of ether oxygens (including phenoxy) is 1. The van der Waals surface area contributed by atoms with Gasteiger partial charge in [-0.2, -0.15) is 13.2 Å². The van der Waals surface area contributed by atoms with Gasteiger partial charge in [-0.3, -0.25) is 14.7 Å². The average molecular weight is 477 g/mol. The van der Waals surface area contributed by atoms with Crippen LogP contribution in [0.4, 0.5) is 13.2 Å². The van der Waals surface area contributed by atoms with Gasteiger partial charge in [0.05, 0.1) is 36.2 Å². The summed E-state index contributed by atoms with van der Waals surface area (Å²) < 4.78 is 44.4. The van der Waals surface area contributed by atoms with Gasteiger partial charge in [0.1, 0.15) is 9.88 Å². The van der Waals surface area contributed by atoms with Crippen LogP contribution in [0.25, 0.3) is 10.7 Å². The topological polar surface area (TPSA) is 67.4 Å². The second kappa shape index (κ2) is 9.98. The Hall–Kier alpha value is -2.82. The maximum absolute atomic E-state index is 13.0. The molecule has 0 bridgehead atoms. The highest BCUT2D eigenvalue weighted by Gasteiger charge is 2.31. The molecule has 1 aliphatic rings. The minimum atomic E-state index is -4.39. The zero-order chi connectivity index (χ0) is 23.4. The molecule has 0 saturated carbocycles. The Morgan fingerprint density at radius 2 is 1.91 bits per heavy atom. The number of aromatic nitrogens is 2. The Morgan fingerprint density at radius 1 is 1.18 bits per heavy atom. The number of morpholine rings is 1. The minimum absolute atomic E-state index is 0.250. The van der Waals surface area contributed by atoms with E-state index < -0.39 is 11.7 Å². The van der Waals surface area contributed by atoms with E-state index in [1.54, 1.807) is 13.1 Å². The van der Waals surface area contributed by atoms with Crippen LogP contribution >= 0.6 is 11.3 Å². The third-order valence-electron chi connectivity index (χ3n) is 5.45. The van der Waals surface area contributed by atoms with E-state index >= 15 is 0 Å². The molecular formula is C23H23F3N4O2S. The summed E-state index contributed by atoms with van der Waals surface area (Å²) >= 11 is 1.26. The Balaban J connectivity index is 1.51. The molecule has 1 fully saturated rings. The van der Waals surface area contributed by atoms with Gasteiger partial charge in [-0.15, -0.1) is 11.3 Å². The molecule has 0 radical (unpaired) electrons. The maximum atomic E-state index is 13.0. The number of carbonyl (C=O) groups is 1. The standard InChI is InChI=1S/C23H23F3N4O2S/c1-15-20(33-22(29-15)18-4-2-3-9-27-18)21(31)28-14-19(30-10-12-32-13-11-30)16-5-7-17(8-6-16)23(24,25)26/h2-9,19H,10-14H2,1H3,(H,28,31). The molecule has 1 amide bonds. The van der Waals surface area contributed by atoms with E-state index in [1.807, 2.05) is 18.2 Å². The van der Waals surface area contributed by atoms with Gasteiger partial charge in [-0.1, -0.05) is 18.2 Å². The first-order chi connectivity index (χ1) is 15.8. The molecule has 1 unspecified atom stereocenters. The molecule has 1 aliphatic heterocycles. The fourth-order valence-electron chi connectivity index (χ4n) is 3.72. The molecule has 3 aromatic rings. The van der Waals surface area contributed by atoms with E-state index in [-0.39, 0.29) is 18.5 Å². The lowest BCUT2D eigenvalue weighted by Gasteiger charge is -2.35. The number of carbonyl (C=O) groups excluding carboxylic acids is 1. The van der Waals surface area contributed by atoms with Crippen molar-refractivity contribution in [2.45, 2.75) is 19.1 Å². The number of amides is 1. The molecule has 1 N–H and O–H groups in total. The highest BCUT2D eigenvalue weighted by molar-refractivity contribution is 7.17. The lowest BCUT2D eigenvalue weighted by Crippen LogP contribution is -2.43. The minimum Gasteiger partial charge on any atom is -0.379 e. The third kappa shape index (κ3) is 5.58. The van der Waals surface area contributed by atoms with Crippen molar-refractivity contribution in [1.82, 2.24) is 20.2 Å². The van der Waals surface area contributed by atoms with E-state index in [9.17, 15) is 18.0 Å². The molecular weight excluding hydrogens is 453 g/mol. The number of rotatable bonds is 6. The number of nitrogens with zero attached hydrogens (tertiary/aromatic N) is 3. The fraction of sp³-hybridized carbons (Fsp3) is 0.348. The van der Waals surface area contributed by atoms with Gasteiger partial charge < -0.3 is 10.1 Å². The molecule has 0 spiro atoms. The summed E-state index contributed by atoms with van der Waals surface area (Å²) in [6.45, 7) is 4.35. The number of pyridine rings is 1. The van der Waals surface area contributed by atoms with Gasteiger partial charge in [0.2, 0.25) is 0 Å². The van der Waals surface area contributed by atoms with E-state index in [0.29, 0.717) is 53.1 Å². The van der Waals surface area contributed by atoms with Crippen LogP contribution in [0.5, 0.6) is 0 Å². The summed E-state index contributed by atoms with van der Waals surface area (Å²) in [5.41, 5.74) is 1.31. The van der Waals surface area contributed by atoms with Crippen LogP contribution in [0.15, 0.2) is 48.7 Å². The quantitative estimate of drug-likeness (QED) is 0.574. The summed E-state index contributed by atoms with van der Waals surface area (Å²) in [5.74, 6) is -0.266. The number of alkyl halides is 3. The van der Waals surface area contributed by atoms with E-state index in [1.165, 1.54) is 23.5 Å². The van der Waals surface area contributed by atoms with E-state index in [0.717, 1.165) is 12.1 Å². The lowest BCUT2D eigenvalue weighted by molar-refractivity contribution is -0.137. The predicted octanol–water partition coefficient (Wildman–Crippen LogP) is 4.34. The molecule has 2 aromatic heterocycles. The van der Waals surface area contributed by atoms with Crippen LogP contribution in [-0.2, 0) is 10.9 Å². The second-order valence-corrected chi connectivity index (χ2v) is 8.64. The van der Waals surface area contributed by atoms with Crippen molar-refractivity contribution in [3.05, 3.63) is 70.4 Å². The number of hydrogen-bond acceptors (Lipinski definition) is 6. The second-order valence-electron chi connectivity index (χ2n) is 7.64. The van der Waals surface area contributed by atoms with Gasteiger partial charge >= 0.3 is 6.18 Å². The van der Waals surface area contributed by atoms with Crippen molar-refractivity contribution >= 4 is 17.2 Å².